The van der Waals surface area contributed by atoms with Gasteiger partial charge in [-0.25, -0.2) is 4.98 Å². The molecule has 1 saturated heterocycles. The topological polar surface area (TPSA) is 61.6 Å². The maximum absolute atomic E-state index is 12.4. The minimum atomic E-state index is -0.916. The van der Waals surface area contributed by atoms with E-state index < -0.39 is 6.10 Å². The van der Waals surface area contributed by atoms with Crippen molar-refractivity contribution in [2.75, 3.05) is 26.2 Å². The number of carbonyl (C=O) groups is 1. The van der Waals surface area contributed by atoms with Crippen LogP contribution in [-0.2, 0) is 11.8 Å². The van der Waals surface area contributed by atoms with E-state index in [1.807, 2.05) is 4.90 Å². The van der Waals surface area contributed by atoms with Crippen LogP contribution in [-0.4, -0.2) is 62.6 Å². The van der Waals surface area contributed by atoms with Crippen molar-refractivity contribution in [3.8, 4) is 0 Å². The van der Waals surface area contributed by atoms with Crippen molar-refractivity contribution in [1.29, 1.82) is 0 Å². The number of hydrogen-bond acceptors (Lipinski definition) is 4. The molecule has 7 heteroatoms. The smallest absolute Gasteiger partial charge is 0.225 e. The van der Waals surface area contributed by atoms with E-state index in [-0.39, 0.29) is 12.3 Å². The molecule has 2 rings (SSSR count). The number of aromatic nitrogens is 2. The van der Waals surface area contributed by atoms with Gasteiger partial charge in [-0.3, -0.25) is 4.79 Å². The van der Waals surface area contributed by atoms with Crippen molar-refractivity contribution in [3.05, 3.63) is 17.2 Å². The molecule has 1 aromatic rings. The Balaban J connectivity index is 1.86. The molecule has 1 N–H and O–H groups in total. The molecule has 1 aliphatic heterocycles. The number of carbonyl (C=O) groups excluding carboxylic acids is 1. The molecule has 0 spiro atoms. The largest absolute Gasteiger partial charge is 0.385 e. The van der Waals surface area contributed by atoms with E-state index in [4.69, 9.17) is 11.6 Å². The van der Waals surface area contributed by atoms with Crippen LogP contribution in [0.5, 0.6) is 0 Å². The molecule has 1 aliphatic rings. The number of aliphatic hydroxyl groups excluding tert-OH is 1. The lowest BCUT2D eigenvalue weighted by Gasteiger charge is -2.38. The first-order chi connectivity index (χ1) is 11.0. The summed E-state index contributed by atoms with van der Waals surface area (Å²) in [6.45, 7) is 7.97. The number of nitrogens with zero attached hydrogens (tertiary/aromatic N) is 4. The highest BCUT2D eigenvalue weighted by Gasteiger charge is 2.27. The van der Waals surface area contributed by atoms with Crippen LogP contribution < -0.4 is 0 Å². The SMILES string of the molecule is CCN(CC)C1CCN(C(=O)CC(O)c2ncc(Cl)n2C)CC1. The number of rotatable bonds is 6. The number of likely N-dealkylation sites (tertiary alicyclic amines) is 1. The molecule has 130 valence electrons. The summed E-state index contributed by atoms with van der Waals surface area (Å²) in [4.78, 5) is 20.8. The number of halogens is 1. The minimum absolute atomic E-state index is 0.0189. The van der Waals surface area contributed by atoms with Crippen LogP contribution in [0.4, 0.5) is 0 Å². The van der Waals surface area contributed by atoms with Crippen LogP contribution in [0, 0.1) is 0 Å². The summed E-state index contributed by atoms with van der Waals surface area (Å²) in [5.74, 6) is 0.413. The fourth-order valence-electron chi connectivity index (χ4n) is 3.32. The molecule has 0 saturated carbocycles. The molecule has 0 bridgehead atoms. The van der Waals surface area contributed by atoms with E-state index in [1.54, 1.807) is 11.6 Å². The van der Waals surface area contributed by atoms with Crippen LogP contribution in [0.2, 0.25) is 5.15 Å². The summed E-state index contributed by atoms with van der Waals surface area (Å²) in [7, 11) is 1.73. The first-order valence-electron chi connectivity index (χ1n) is 8.34. The fraction of sp³-hybridized carbons (Fsp3) is 0.750. The monoisotopic (exact) mass is 342 g/mol. The van der Waals surface area contributed by atoms with E-state index in [9.17, 15) is 9.90 Å². The van der Waals surface area contributed by atoms with Crippen LogP contribution in [0.1, 0.15) is 45.0 Å². The van der Waals surface area contributed by atoms with E-state index in [0.29, 0.717) is 17.0 Å². The zero-order valence-electron chi connectivity index (χ0n) is 14.2. The highest BCUT2D eigenvalue weighted by molar-refractivity contribution is 6.29. The lowest BCUT2D eigenvalue weighted by Crippen LogP contribution is -2.46. The molecule has 0 radical (unpaired) electrons. The average molecular weight is 343 g/mol. The zero-order chi connectivity index (χ0) is 17.0. The van der Waals surface area contributed by atoms with Gasteiger partial charge in [-0.15, -0.1) is 0 Å². The fourth-order valence-corrected chi connectivity index (χ4v) is 3.45. The van der Waals surface area contributed by atoms with Crippen LogP contribution in [0.25, 0.3) is 0 Å². The highest BCUT2D eigenvalue weighted by atomic mass is 35.5. The van der Waals surface area contributed by atoms with Gasteiger partial charge in [-0.05, 0) is 25.9 Å². The van der Waals surface area contributed by atoms with Gasteiger partial charge in [0.15, 0.2) is 0 Å². The molecule has 6 nitrogen and oxygen atoms in total. The number of imidazole rings is 1. The van der Waals surface area contributed by atoms with Crippen LogP contribution in [0.15, 0.2) is 6.20 Å². The Morgan fingerprint density at radius 3 is 2.52 bits per heavy atom. The third-order valence-electron chi connectivity index (χ3n) is 4.78. The van der Waals surface area contributed by atoms with E-state index in [0.717, 1.165) is 39.0 Å². The summed E-state index contributed by atoms with van der Waals surface area (Å²) >= 11 is 5.92. The Labute approximate surface area is 143 Å². The summed E-state index contributed by atoms with van der Waals surface area (Å²) in [6.07, 6.45) is 2.62. The Morgan fingerprint density at radius 2 is 2.04 bits per heavy atom. The van der Waals surface area contributed by atoms with Gasteiger partial charge in [0, 0.05) is 26.2 Å². The van der Waals surface area contributed by atoms with Gasteiger partial charge in [-0.2, -0.15) is 0 Å². The van der Waals surface area contributed by atoms with Crippen LogP contribution >= 0.6 is 11.6 Å². The second kappa shape index (κ2) is 8.13. The van der Waals surface area contributed by atoms with Gasteiger partial charge in [-0.1, -0.05) is 25.4 Å². The predicted octanol–water partition coefficient (Wildman–Crippen LogP) is 1.83. The van der Waals surface area contributed by atoms with Crippen molar-refractivity contribution < 1.29 is 9.90 Å². The summed E-state index contributed by atoms with van der Waals surface area (Å²) in [5.41, 5.74) is 0. The number of aliphatic hydroxyl groups is 1. The average Bonchev–Trinajstić information content (AvgIpc) is 2.88. The summed E-state index contributed by atoms with van der Waals surface area (Å²) < 4.78 is 1.60. The van der Waals surface area contributed by atoms with Gasteiger partial charge < -0.3 is 19.5 Å². The second-order valence-corrected chi connectivity index (χ2v) is 6.44. The van der Waals surface area contributed by atoms with Crippen molar-refractivity contribution in [3.63, 3.8) is 0 Å². The first kappa shape index (κ1) is 18.2. The summed E-state index contributed by atoms with van der Waals surface area (Å²) in [5, 5.41) is 10.7. The predicted molar refractivity (Wildman–Crippen MR) is 90.3 cm³/mol. The van der Waals surface area contributed by atoms with Gasteiger partial charge in [0.2, 0.25) is 5.91 Å². The van der Waals surface area contributed by atoms with Crippen molar-refractivity contribution in [2.45, 2.75) is 45.3 Å². The molecule has 1 unspecified atom stereocenters. The van der Waals surface area contributed by atoms with Crippen molar-refractivity contribution >= 4 is 17.5 Å². The molecule has 23 heavy (non-hydrogen) atoms. The Bertz CT molecular complexity index is 522. The molecular weight excluding hydrogens is 316 g/mol. The molecule has 1 amide bonds. The molecule has 1 atom stereocenters. The Kier molecular flexibility index (Phi) is 6.44. The van der Waals surface area contributed by atoms with Gasteiger partial charge >= 0.3 is 0 Å². The lowest BCUT2D eigenvalue weighted by molar-refractivity contribution is -0.135. The van der Waals surface area contributed by atoms with Crippen molar-refractivity contribution in [1.82, 2.24) is 19.4 Å². The minimum Gasteiger partial charge on any atom is -0.385 e. The lowest BCUT2D eigenvalue weighted by atomic mass is 10.0. The zero-order valence-corrected chi connectivity index (χ0v) is 15.0. The normalized spacial score (nSPS) is 17.7. The Hall–Kier alpha value is -1.11. The molecule has 1 aromatic heterocycles. The Morgan fingerprint density at radius 1 is 1.43 bits per heavy atom. The van der Waals surface area contributed by atoms with E-state index in [2.05, 4.69) is 23.7 Å². The number of hydrogen-bond donors (Lipinski definition) is 1. The number of piperidine rings is 1. The second-order valence-electron chi connectivity index (χ2n) is 6.05. The molecule has 0 aromatic carbocycles. The van der Waals surface area contributed by atoms with Gasteiger partial charge in [0.1, 0.15) is 17.1 Å². The molecule has 0 aliphatic carbocycles. The third-order valence-corrected chi connectivity index (χ3v) is 5.13. The van der Waals surface area contributed by atoms with Gasteiger partial charge in [0.05, 0.1) is 12.6 Å². The molecule has 1 fully saturated rings. The van der Waals surface area contributed by atoms with E-state index >= 15 is 0 Å². The van der Waals surface area contributed by atoms with Gasteiger partial charge in [0.25, 0.3) is 0 Å². The maximum atomic E-state index is 12.4. The third kappa shape index (κ3) is 4.25. The molecule has 2 heterocycles. The van der Waals surface area contributed by atoms with E-state index in [1.165, 1.54) is 6.20 Å². The van der Waals surface area contributed by atoms with Crippen molar-refractivity contribution in [2.24, 2.45) is 7.05 Å². The number of amides is 1. The highest BCUT2D eigenvalue weighted by Crippen LogP contribution is 2.22. The summed E-state index contributed by atoms with van der Waals surface area (Å²) in [6, 6.07) is 0.562. The standard InChI is InChI=1S/C16H27ClN4O2/c1-4-20(5-2)12-6-8-21(9-7-12)15(23)10-13(22)16-18-11-14(17)19(16)3/h11-13,22H,4-10H2,1-3H3. The maximum Gasteiger partial charge on any atom is 0.225 e. The quantitative estimate of drug-likeness (QED) is 0.856. The molecular formula is C16H27ClN4O2. The van der Waals surface area contributed by atoms with Crippen LogP contribution in [0.3, 0.4) is 0 Å². The first-order valence-corrected chi connectivity index (χ1v) is 8.72.